The molecule has 4 nitrogen and oxygen atoms in total. The molecular formula is C32H20Br2N4. The number of hydrogen-bond donors (Lipinski definition) is 0. The second-order valence-corrected chi connectivity index (χ2v) is 10.3. The van der Waals surface area contributed by atoms with Gasteiger partial charge in [0, 0.05) is 11.1 Å². The van der Waals surface area contributed by atoms with E-state index < -0.39 is 0 Å². The van der Waals surface area contributed by atoms with Crippen molar-refractivity contribution in [3.63, 3.8) is 0 Å². The summed E-state index contributed by atoms with van der Waals surface area (Å²) in [6, 6.07) is 36.7. The molecule has 0 saturated heterocycles. The lowest BCUT2D eigenvalue weighted by molar-refractivity contribution is 1.25. The van der Waals surface area contributed by atoms with Crippen molar-refractivity contribution in [1.82, 2.24) is 9.97 Å². The minimum absolute atomic E-state index is 0.770. The first-order valence-corrected chi connectivity index (χ1v) is 13.6. The fraction of sp³-hybridized carbons (Fsp3) is 0. The Morgan fingerprint density at radius 3 is 1.37 bits per heavy atom. The highest BCUT2D eigenvalue weighted by molar-refractivity contribution is 9.10. The molecule has 6 heteroatoms. The molecule has 2 heterocycles. The highest BCUT2D eigenvalue weighted by atomic mass is 79.9. The number of benzene rings is 4. The summed E-state index contributed by atoms with van der Waals surface area (Å²) in [5.41, 5.74) is 5.30. The molecule has 0 aliphatic rings. The first kappa shape index (κ1) is 24.3. The zero-order valence-electron chi connectivity index (χ0n) is 20.1. The van der Waals surface area contributed by atoms with Crippen LogP contribution in [0, 0.1) is 0 Å². The summed E-state index contributed by atoms with van der Waals surface area (Å²) in [6.45, 7) is 0. The minimum Gasteiger partial charge on any atom is -0.254 e. The summed E-state index contributed by atoms with van der Waals surface area (Å²) in [4.78, 5) is 18.9. The first-order chi connectivity index (χ1) is 18.7. The van der Waals surface area contributed by atoms with Crippen LogP contribution in [0.2, 0.25) is 0 Å². The molecule has 0 amide bonds. The summed E-state index contributed by atoms with van der Waals surface area (Å²) in [7, 11) is 0. The number of fused-ring (bicyclic) bond motifs is 2. The Morgan fingerprint density at radius 1 is 0.474 bits per heavy atom. The SMILES string of the molecule is Brc1cccc(C=Nc2ccc3ccccc3c2-c2c(N=Cc3cccc(Br)n3)ccc3ccccc23)n1. The molecule has 0 radical (unpaired) electrons. The molecular weight excluding hydrogens is 600 g/mol. The predicted molar refractivity (Wildman–Crippen MR) is 165 cm³/mol. The van der Waals surface area contributed by atoms with E-state index in [1.54, 1.807) is 12.4 Å². The number of halogens is 2. The van der Waals surface area contributed by atoms with Gasteiger partial charge in [-0.05, 0) is 89.8 Å². The van der Waals surface area contributed by atoms with Crippen molar-refractivity contribution in [3.05, 3.63) is 130 Å². The summed E-state index contributed by atoms with van der Waals surface area (Å²) in [5, 5.41) is 4.49. The Bertz CT molecular complexity index is 1720. The van der Waals surface area contributed by atoms with Crippen LogP contribution in [0.5, 0.6) is 0 Å². The molecule has 4 aromatic carbocycles. The van der Waals surface area contributed by atoms with Crippen molar-refractivity contribution < 1.29 is 0 Å². The topological polar surface area (TPSA) is 50.5 Å². The minimum atomic E-state index is 0.770. The van der Waals surface area contributed by atoms with Crippen LogP contribution >= 0.6 is 31.9 Å². The third kappa shape index (κ3) is 5.05. The fourth-order valence-corrected chi connectivity index (χ4v) is 5.24. The smallest absolute Gasteiger partial charge is 0.106 e. The molecule has 0 fully saturated rings. The van der Waals surface area contributed by atoms with Gasteiger partial charge in [0.15, 0.2) is 0 Å². The van der Waals surface area contributed by atoms with Crippen LogP contribution in [0.3, 0.4) is 0 Å². The maximum absolute atomic E-state index is 4.94. The highest BCUT2D eigenvalue weighted by Crippen LogP contribution is 2.45. The average Bonchev–Trinajstić information content (AvgIpc) is 2.94. The van der Waals surface area contributed by atoms with Crippen molar-refractivity contribution in [2.24, 2.45) is 9.98 Å². The normalized spacial score (nSPS) is 11.7. The average molecular weight is 620 g/mol. The number of pyridine rings is 2. The maximum atomic E-state index is 4.94. The van der Waals surface area contributed by atoms with Gasteiger partial charge in [-0.3, -0.25) is 9.98 Å². The van der Waals surface area contributed by atoms with Gasteiger partial charge in [0.2, 0.25) is 0 Å². The summed E-state index contributed by atoms with van der Waals surface area (Å²) >= 11 is 6.91. The summed E-state index contributed by atoms with van der Waals surface area (Å²) in [6.07, 6.45) is 3.61. The zero-order valence-corrected chi connectivity index (χ0v) is 23.3. The molecule has 0 bridgehead atoms. The van der Waals surface area contributed by atoms with E-state index in [0.717, 1.165) is 64.6 Å². The van der Waals surface area contributed by atoms with Crippen LogP contribution in [0.4, 0.5) is 11.4 Å². The number of rotatable bonds is 5. The summed E-state index contributed by atoms with van der Waals surface area (Å²) in [5.74, 6) is 0. The number of aliphatic imine (C=N–C) groups is 2. The monoisotopic (exact) mass is 618 g/mol. The first-order valence-electron chi connectivity index (χ1n) is 12.0. The van der Waals surface area contributed by atoms with Crippen LogP contribution in [-0.4, -0.2) is 22.4 Å². The summed E-state index contributed by atoms with van der Waals surface area (Å²) < 4.78 is 1.54. The van der Waals surface area contributed by atoms with E-state index in [-0.39, 0.29) is 0 Å². The quantitative estimate of drug-likeness (QED) is 0.142. The fourth-order valence-electron chi connectivity index (χ4n) is 4.52. The van der Waals surface area contributed by atoms with E-state index in [0.29, 0.717) is 0 Å². The molecule has 0 spiro atoms. The Balaban J connectivity index is 1.62. The second-order valence-electron chi connectivity index (χ2n) is 8.65. The van der Waals surface area contributed by atoms with Gasteiger partial charge in [0.1, 0.15) is 9.21 Å². The Morgan fingerprint density at radius 2 is 0.921 bits per heavy atom. The van der Waals surface area contributed by atoms with Gasteiger partial charge in [-0.15, -0.1) is 0 Å². The molecule has 182 valence electrons. The number of hydrogen-bond acceptors (Lipinski definition) is 4. The Hall–Kier alpha value is -4.00. The van der Waals surface area contributed by atoms with Crippen molar-refractivity contribution in [2.45, 2.75) is 0 Å². The van der Waals surface area contributed by atoms with E-state index in [1.807, 2.05) is 36.4 Å². The van der Waals surface area contributed by atoms with Crippen molar-refractivity contribution in [3.8, 4) is 11.1 Å². The predicted octanol–water partition coefficient (Wildman–Crippen LogP) is 9.48. The lowest BCUT2D eigenvalue weighted by Crippen LogP contribution is -1.91. The van der Waals surface area contributed by atoms with Gasteiger partial charge >= 0.3 is 0 Å². The zero-order chi connectivity index (χ0) is 25.9. The van der Waals surface area contributed by atoms with E-state index in [2.05, 4.69) is 115 Å². The molecule has 2 aromatic heterocycles. The molecule has 0 aliphatic carbocycles. The van der Waals surface area contributed by atoms with Crippen LogP contribution < -0.4 is 0 Å². The molecule has 0 unspecified atom stereocenters. The lowest BCUT2D eigenvalue weighted by Gasteiger charge is -2.16. The lowest BCUT2D eigenvalue weighted by atomic mass is 9.91. The van der Waals surface area contributed by atoms with Crippen LogP contribution in [0.25, 0.3) is 32.7 Å². The van der Waals surface area contributed by atoms with Crippen LogP contribution in [0.1, 0.15) is 11.4 Å². The molecule has 0 aliphatic heterocycles. The third-order valence-electron chi connectivity index (χ3n) is 6.21. The van der Waals surface area contributed by atoms with E-state index in [4.69, 9.17) is 9.98 Å². The van der Waals surface area contributed by atoms with E-state index in [1.165, 1.54) is 0 Å². The second kappa shape index (κ2) is 10.8. The molecule has 6 aromatic rings. The number of nitrogens with zero attached hydrogens (tertiary/aromatic N) is 4. The van der Waals surface area contributed by atoms with E-state index in [9.17, 15) is 0 Å². The van der Waals surface area contributed by atoms with Crippen LogP contribution in [-0.2, 0) is 0 Å². The molecule has 0 atom stereocenters. The van der Waals surface area contributed by atoms with Gasteiger partial charge in [-0.2, -0.15) is 0 Å². The standard InChI is InChI=1S/C32H20Br2N4/c33-29-13-5-9-23(37-29)19-35-27-17-15-21-7-1-3-11-25(21)31(27)32-26-12-4-2-8-22(26)16-18-28(32)36-20-24-10-6-14-30(34)38-24/h1-20H. The Kier molecular flexibility index (Phi) is 6.90. The molecule has 38 heavy (non-hydrogen) atoms. The van der Waals surface area contributed by atoms with Gasteiger partial charge < -0.3 is 0 Å². The number of aromatic nitrogens is 2. The van der Waals surface area contributed by atoms with Crippen LogP contribution in [0.15, 0.2) is 128 Å². The molecule has 0 saturated carbocycles. The van der Waals surface area contributed by atoms with Crippen molar-refractivity contribution in [2.75, 3.05) is 0 Å². The molecule has 0 N–H and O–H groups in total. The third-order valence-corrected chi connectivity index (χ3v) is 7.09. The van der Waals surface area contributed by atoms with Gasteiger partial charge in [0.25, 0.3) is 0 Å². The van der Waals surface area contributed by atoms with Gasteiger partial charge in [-0.1, -0.05) is 72.8 Å². The van der Waals surface area contributed by atoms with Crippen molar-refractivity contribution in [1.29, 1.82) is 0 Å². The van der Waals surface area contributed by atoms with Crippen molar-refractivity contribution >= 4 is 77.2 Å². The largest absolute Gasteiger partial charge is 0.254 e. The maximum Gasteiger partial charge on any atom is 0.106 e. The van der Waals surface area contributed by atoms with Gasteiger partial charge in [-0.25, -0.2) is 9.97 Å². The highest BCUT2D eigenvalue weighted by Gasteiger charge is 2.16. The van der Waals surface area contributed by atoms with Gasteiger partial charge in [0.05, 0.1) is 35.2 Å². The molecule has 6 rings (SSSR count). The van der Waals surface area contributed by atoms with E-state index >= 15 is 0 Å². The Labute approximate surface area is 237 Å².